The monoisotopic (exact) mass is 191 g/mol. The molecule has 0 aliphatic heterocycles. The molecular formula is C11H17N3. The molecule has 0 bridgehead atoms. The van der Waals surface area contributed by atoms with Crippen LogP contribution >= 0.6 is 0 Å². The molecule has 0 amide bonds. The Morgan fingerprint density at radius 3 is 2.43 bits per heavy atom. The average Bonchev–Trinajstić information content (AvgIpc) is 2.58. The van der Waals surface area contributed by atoms with Crippen molar-refractivity contribution in [3.8, 4) is 0 Å². The van der Waals surface area contributed by atoms with Crippen molar-refractivity contribution < 1.29 is 0 Å². The van der Waals surface area contributed by atoms with E-state index in [1.54, 1.807) is 0 Å². The third-order valence-corrected chi connectivity index (χ3v) is 3.20. The Morgan fingerprint density at radius 1 is 1.21 bits per heavy atom. The lowest BCUT2D eigenvalue weighted by Gasteiger charge is -2.22. The van der Waals surface area contributed by atoms with Gasteiger partial charge in [0.1, 0.15) is 0 Å². The second-order valence-corrected chi connectivity index (χ2v) is 4.29. The summed E-state index contributed by atoms with van der Waals surface area (Å²) >= 11 is 0. The van der Waals surface area contributed by atoms with E-state index in [9.17, 15) is 0 Å². The summed E-state index contributed by atoms with van der Waals surface area (Å²) in [7, 11) is 0. The van der Waals surface area contributed by atoms with Crippen LogP contribution in [0.25, 0.3) is 0 Å². The first kappa shape index (κ1) is 9.59. The Hall–Kier alpha value is -0.960. The minimum absolute atomic E-state index is 0.203. The zero-order valence-corrected chi connectivity index (χ0v) is 8.88. The lowest BCUT2D eigenvalue weighted by Crippen LogP contribution is -2.34. The molecule has 1 aliphatic rings. The summed E-state index contributed by atoms with van der Waals surface area (Å²) < 4.78 is 0. The molecule has 14 heavy (non-hydrogen) atoms. The summed E-state index contributed by atoms with van der Waals surface area (Å²) in [5, 5.41) is 0. The maximum Gasteiger partial charge on any atom is 0.0788 e. The molecule has 76 valence electrons. The van der Waals surface area contributed by atoms with Crippen LogP contribution in [-0.4, -0.2) is 9.97 Å². The maximum atomic E-state index is 6.30. The quantitative estimate of drug-likeness (QED) is 0.736. The van der Waals surface area contributed by atoms with Crippen molar-refractivity contribution in [2.24, 2.45) is 5.73 Å². The number of nitrogens with two attached hydrogens (primary N) is 1. The molecular weight excluding hydrogens is 174 g/mol. The predicted octanol–water partition coefficient (Wildman–Crippen LogP) is 1.82. The van der Waals surface area contributed by atoms with Crippen LogP contribution in [0.3, 0.4) is 0 Å². The highest BCUT2D eigenvalue weighted by Gasteiger charge is 2.32. The van der Waals surface area contributed by atoms with Gasteiger partial charge >= 0.3 is 0 Å². The van der Waals surface area contributed by atoms with Gasteiger partial charge in [-0.3, -0.25) is 9.97 Å². The molecule has 3 heteroatoms. The molecule has 2 rings (SSSR count). The minimum atomic E-state index is -0.203. The number of aryl methyl sites for hydroxylation is 2. The first-order chi connectivity index (χ1) is 6.62. The summed E-state index contributed by atoms with van der Waals surface area (Å²) in [5.41, 5.74) is 9.06. The fourth-order valence-electron chi connectivity index (χ4n) is 2.04. The van der Waals surface area contributed by atoms with Crippen molar-refractivity contribution >= 4 is 0 Å². The standard InChI is InChI=1S/C11H17N3/c1-8-9(2)14-10(7-13-8)11(12)5-3-4-6-11/h7H,3-6,12H2,1-2H3. The highest BCUT2D eigenvalue weighted by atomic mass is 14.9. The van der Waals surface area contributed by atoms with Crippen LogP contribution in [0.2, 0.25) is 0 Å². The van der Waals surface area contributed by atoms with Gasteiger partial charge in [0.2, 0.25) is 0 Å². The van der Waals surface area contributed by atoms with Crippen molar-refractivity contribution in [2.75, 3.05) is 0 Å². The number of hydrogen-bond donors (Lipinski definition) is 1. The number of nitrogens with zero attached hydrogens (tertiary/aromatic N) is 2. The van der Waals surface area contributed by atoms with Crippen LogP contribution in [0.4, 0.5) is 0 Å². The molecule has 0 saturated heterocycles. The van der Waals surface area contributed by atoms with Gasteiger partial charge in [-0.15, -0.1) is 0 Å². The van der Waals surface area contributed by atoms with E-state index in [1.807, 2.05) is 20.0 Å². The minimum Gasteiger partial charge on any atom is -0.320 e. The smallest absolute Gasteiger partial charge is 0.0788 e. The van der Waals surface area contributed by atoms with Crippen molar-refractivity contribution in [3.05, 3.63) is 23.3 Å². The van der Waals surface area contributed by atoms with Crippen LogP contribution < -0.4 is 5.73 Å². The Kier molecular flexibility index (Phi) is 2.27. The largest absolute Gasteiger partial charge is 0.320 e. The molecule has 1 aromatic heterocycles. The van der Waals surface area contributed by atoms with Crippen molar-refractivity contribution in [2.45, 2.75) is 45.1 Å². The zero-order chi connectivity index (χ0) is 10.2. The third-order valence-electron chi connectivity index (χ3n) is 3.20. The number of rotatable bonds is 1. The topological polar surface area (TPSA) is 51.8 Å². The summed E-state index contributed by atoms with van der Waals surface area (Å²) in [6.45, 7) is 3.97. The van der Waals surface area contributed by atoms with Gasteiger partial charge < -0.3 is 5.73 Å². The van der Waals surface area contributed by atoms with Gasteiger partial charge in [-0.05, 0) is 26.7 Å². The Morgan fingerprint density at radius 2 is 1.86 bits per heavy atom. The van der Waals surface area contributed by atoms with E-state index >= 15 is 0 Å². The summed E-state index contributed by atoms with van der Waals surface area (Å²) in [4.78, 5) is 8.86. The zero-order valence-electron chi connectivity index (χ0n) is 8.88. The number of aromatic nitrogens is 2. The van der Waals surface area contributed by atoms with Crippen molar-refractivity contribution in [1.29, 1.82) is 0 Å². The predicted molar refractivity (Wildman–Crippen MR) is 55.8 cm³/mol. The van der Waals surface area contributed by atoms with E-state index in [4.69, 9.17) is 5.73 Å². The molecule has 0 unspecified atom stereocenters. The van der Waals surface area contributed by atoms with Crippen LogP contribution in [0.1, 0.15) is 42.8 Å². The van der Waals surface area contributed by atoms with Crippen molar-refractivity contribution in [1.82, 2.24) is 9.97 Å². The summed E-state index contributed by atoms with van der Waals surface area (Å²) in [6, 6.07) is 0. The number of hydrogen-bond acceptors (Lipinski definition) is 3. The fourth-order valence-corrected chi connectivity index (χ4v) is 2.04. The molecule has 0 aromatic carbocycles. The van der Waals surface area contributed by atoms with E-state index in [0.29, 0.717) is 0 Å². The molecule has 0 radical (unpaired) electrons. The Labute approximate surface area is 84.8 Å². The van der Waals surface area contributed by atoms with E-state index in [2.05, 4.69) is 9.97 Å². The fraction of sp³-hybridized carbons (Fsp3) is 0.636. The summed E-state index contributed by atoms with van der Waals surface area (Å²) in [5.74, 6) is 0. The molecule has 1 fully saturated rings. The highest BCUT2D eigenvalue weighted by Crippen LogP contribution is 2.34. The summed E-state index contributed by atoms with van der Waals surface area (Å²) in [6.07, 6.45) is 6.36. The van der Waals surface area contributed by atoms with Gasteiger partial charge in [-0.25, -0.2) is 0 Å². The third kappa shape index (κ3) is 1.52. The van der Waals surface area contributed by atoms with Gasteiger partial charge in [0.25, 0.3) is 0 Å². The van der Waals surface area contributed by atoms with Gasteiger partial charge in [0, 0.05) is 0 Å². The molecule has 0 atom stereocenters. The molecule has 2 N–H and O–H groups in total. The van der Waals surface area contributed by atoms with Gasteiger partial charge in [0.15, 0.2) is 0 Å². The Balaban J connectivity index is 2.36. The van der Waals surface area contributed by atoms with Crippen LogP contribution in [0, 0.1) is 13.8 Å². The average molecular weight is 191 g/mol. The molecule has 0 spiro atoms. The molecule has 1 aromatic rings. The Bertz CT molecular complexity index is 340. The van der Waals surface area contributed by atoms with Crippen molar-refractivity contribution in [3.63, 3.8) is 0 Å². The van der Waals surface area contributed by atoms with Gasteiger partial charge in [-0.1, -0.05) is 12.8 Å². The first-order valence-electron chi connectivity index (χ1n) is 5.21. The second-order valence-electron chi connectivity index (χ2n) is 4.29. The van der Waals surface area contributed by atoms with Crippen LogP contribution in [0.5, 0.6) is 0 Å². The first-order valence-corrected chi connectivity index (χ1v) is 5.21. The van der Waals surface area contributed by atoms with E-state index in [0.717, 1.165) is 29.9 Å². The lowest BCUT2D eigenvalue weighted by atomic mass is 9.95. The van der Waals surface area contributed by atoms with E-state index in [1.165, 1.54) is 12.8 Å². The van der Waals surface area contributed by atoms with Gasteiger partial charge in [-0.2, -0.15) is 0 Å². The van der Waals surface area contributed by atoms with Crippen LogP contribution in [0.15, 0.2) is 6.20 Å². The molecule has 1 saturated carbocycles. The highest BCUT2D eigenvalue weighted by molar-refractivity contribution is 5.18. The maximum absolute atomic E-state index is 6.30. The molecule has 3 nitrogen and oxygen atoms in total. The van der Waals surface area contributed by atoms with E-state index < -0.39 is 0 Å². The normalized spacial score (nSPS) is 19.9. The SMILES string of the molecule is Cc1ncc(C2(N)CCCC2)nc1C. The molecule has 1 heterocycles. The second kappa shape index (κ2) is 3.31. The van der Waals surface area contributed by atoms with Crippen LogP contribution in [-0.2, 0) is 5.54 Å². The van der Waals surface area contributed by atoms with Gasteiger partial charge in [0.05, 0.1) is 28.8 Å². The van der Waals surface area contributed by atoms with E-state index in [-0.39, 0.29) is 5.54 Å². The molecule has 1 aliphatic carbocycles. The lowest BCUT2D eigenvalue weighted by molar-refractivity contribution is 0.444.